The summed E-state index contributed by atoms with van der Waals surface area (Å²) >= 11 is 1.29. The minimum absolute atomic E-state index is 0.0483. The van der Waals surface area contributed by atoms with Gasteiger partial charge in [-0.15, -0.1) is 0 Å². The van der Waals surface area contributed by atoms with Gasteiger partial charge in [0.25, 0.3) is 5.56 Å². The van der Waals surface area contributed by atoms with Crippen molar-refractivity contribution in [1.82, 2.24) is 14.5 Å². The highest BCUT2D eigenvalue weighted by molar-refractivity contribution is 7.99. The number of hydrogen-bond donors (Lipinski definition) is 1. The first-order valence-corrected chi connectivity index (χ1v) is 9.07. The van der Waals surface area contributed by atoms with Crippen LogP contribution in [0.25, 0.3) is 0 Å². The van der Waals surface area contributed by atoms with E-state index in [1.807, 2.05) is 55.5 Å². The van der Waals surface area contributed by atoms with E-state index in [1.54, 1.807) is 6.20 Å². The number of aromatic nitrogens is 3. The highest BCUT2D eigenvalue weighted by atomic mass is 32.2. The summed E-state index contributed by atoms with van der Waals surface area (Å²) < 4.78 is 7.16. The molecule has 0 unspecified atom stereocenters. The van der Waals surface area contributed by atoms with E-state index >= 15 is 0 Å². The van der Waals surface area contributed by atoms with E-state index in [0.717, 1.165) is 5.56 Å². The molecular weight excluding hydrogens is 350 g/mol. The number of aromatic amines is 1. The van der Waals surface area contributed by atoms with Crippen LogP contribution in [-0.2, 0) is 24.5 Å². The summed E-state index contributed by atoms with van der Waals surface area (Å²) in [5, 5.41) is 1.28. The Kier molecular flexibility index (Phi) is 6.04. The molecule has 0 saturated carbocycles. The van der Waals surface area contributed by atoms with E-state index in [4.69, 9.17) is 4.74 Å². The van der Waals surface area contributed by atoms with Crippen LogP contribution < -0.4 is 11.2 Å². The molecule has 0 radical (unpaired) electrons. The minimum Gasteiger partial charge on any atom is -0.356 e. The van der Waals surface area contributed by atoms with Crippen molar-refractivity contribution in [1.29, 1.82) is 0 Å². The smallest absolute Gasteiger partial charge is 0.331 e. The summed E-state index contributed by atoms with van der Waals surface area (Å²) in [6.45, 7) is 2.31. The summed E-state index contributed by atoms with van der Waals surface area (Å²) in [7, 11) is 0. The fraction of sp³-hybridized carbons (Fsp3) is 0.211. The van der Waals surface area contributed by atoms with Crippen LogP contribution in [0.5, 0.6) is 0 Å². The molecule has 0 fully saturated rings. The Morgan fingerprint density at radius 1 is 1.12 bits per heavy atom. The summed E-state index contributed by atoms with van der Waals surface area (Å²) in [6, 6.07) is 15.2. The van der Waals surface area contributed by atoms with Gasteiger partial charge in [-0.3, -0.25) is 14.3 Å². The monoisotopic (exact) mass is 369 g/mol. The van der Waals surface area contributed by atoms with Crippen LogP contribution in [0.4, 0.5) is 0 Å². The van der Waals surface area contributed by atoms with Crippen LogP contribution in [0.1, 0.15) is 18.1 Å². The summed E-state index contributed by atoms with van der Waals surface area (Å²) in [5.41, 5.74) is 0.706. The molecule has 3 aromatic rings. The molecule has 3 rings (SSSR count). The zero-order valence-corrected chi connectivity index (χ0v) is 15.2. The van der Waals surface area contributed by atoms with Crippen LogP contribution in [0.3, 0.4) is 0 Å². The molecule has 0 spiro atoms. The third kappa shape index (κ3) is 4.30. The van der Waals surface area contributed by atoms with Gasteiger partial charge in [0.1, 0.15) is 11.8 Å². The van der Waals surface area contributed by atoms with Gasteiger partial charge in [0, 0.05) is 11.8 Å². The number of ether oxygens (including phenoxy) is 1. The fourth-order valence-corrected chi connectivity index (χ4v) is 3.54. The molecule has 26 heavy (non-hydrogen) atoms. The highest BCUT2D eigenvalue weighted by Gasteiger charge is 2.15. The van der Waals surface area contributed by atoms with Crippen molar-refractivity contribution in [2.75, 3.05) is 0 Å². The Bertz CT molecular complexity index is 969. The average molecular weight is 369 g/mol. The number of H-pyrrole nitrogens is 1. The number of nitrogens with one attached hydrogen (secondary N) is 1. The standard InChI is InChI=1S/C19H19N3O3S/c1-2-15-17(23)21-19(24)22(13-25-12-14-8-4-3-5-9-14)18(15)26-16-10-6-7-11-20-16/h3-11H,2,12-13H2,1H3,(H,21,23,24). The van der Waals surface area contributed by atoms with Crippen LogP contribution in [-0.4, -0.2) is 14.5 Å². The van der Waals surface area contributed by atoms with Gasteiger partial charge in [-0.1, -0.05) is 55.1 Å². The molecule has 2 aromatic heterocycles. The lowest BCUT2D eigenvalue weighted by Gasteiger charge is -2.15. The van der Waals surface area contributed by atoms with Crippen molar-refractivity contribution < 1.29 is 4.74 Å². The number of nitrogens with zero attached hydrogens (tertiary/aromatic N) is 2. The molecular formula is C19H19N3O3S. The first-order valence-electron chi connectivity index (χ1n) is 8.25. The molecule has 0 bridgehead atoms. The first-order chi connectivity index (χ1) is 12.7. The average Bonchev–Trinajstić information content (AvgIpc) is 2.66. The van der Waals surface area contributed by atoms with Crippen molar-refractivity contribution in [3.63, 3.8) is 0 Å². The van der Waals surface area contributed by atoms with E-state index in [-0.39, 0.29) is 12.3 Å². The molecule has 0 atom stereocenters. The lowest BCUT2D eigenvalue weighted by atomic mass is 10.2. The number of pyridine rings is 1. The zero-order valence-electron chi connectivity index (χ0n) is 14.3. The number of benzene rings is 1. The number of hydrogen-bond acceptors (Lipinski definition) is 5. The van der Waals surface area contributed by atoms with E-state index in [0.29, 0.717) is 28.6 Å². The summed E-state index contributed by atoms with van der Waals surface area (Å²) in [5.74, 6) is 0. The zero-order chi connectivity index (χ0) is 18.4. The Labute approximate surface area is 154 Å². The van der Waals surface area contributed by atoms with E-state index in [9.17, 15) is 9.59 Å². The highest BCUT2D eigenvalue weighted by Crippen LogP contribution is 2.26. The molecule has 6 nitrogen and oxygen atoms in total. The normalized spacial score (nSPS) is 10.8. The van der Waals surface area contributed by atoms with Gasteiger partial charge < -0.3 is 4.74 Å². The van der Waals surface area contributed by atoms with Gasteiger partial charge in [-0.2, -0.15) is 0 Å². The van der Waals surface area contributed by atoms with Gasteiger partial charge in [-0.05, 0) is 24.1 Å². The maximum absolute atomic E-state index is 12.4. The maximum Gasteiger partial charge on any atom is 0.331 e. The van der Waals surface area contributed by atoms with Gasteiger partial charge in [0.05, 0.1) is 11.6 Å². The second kappa shape index (κ2) is 8.64. The Morgan fingerprint density at radius 2 is 1.88 bits per heavy atom. The number of rotatable bonds is 7. The predicted molar refractivity (Wildman–Crippen MR) is 100 cm³/mol. The SMILES string of the molecule is CCc1c(Sc2ccccn2)n(COCc2ccccc2)c(=O)[nH]c1=O. The van der Waals surface area contributed by atoms with Gasteiger partial charge in [0.15, 0.2) is 0 Å². The quantitative estimate of drug-likeness (QED) is 0.648. The topological polar surface area (TPSA) is 77.0 Å². The lowest BCUT2D eigenvalue weighted by Crippen LogP contribution is -2.34. The molecule has 7 heteroatoms. The van der Waals surface area contributed by atoms with Gasteiger partial charge in [-0.25, -0.2) is 9.78 Å². The lowest BCUT2D eigenvalue weighted by molar-refractivity contribution is 0.0550. The van der Waals surface area contributed by atoms with Crippen molar-refractivity contribution in [2.45, 2.75) is 36.7 Å². The summed E-state index contributed by atoms with van der Waals surface area (Å²) in [4.78, 5) is 31.2. The largest absolute Gasteiger partial charge is 0.356 e. The molecule has 0 amide bonds. The van der Waals surface area contributed by atoms with E-state index < -0.39 is 5.69 Å². The molecule has 0 aliphatic carbocycles. The fourth-order valence-electron chi connectivity index (χ4n) is 2.47. The molecule has 0 aliphatic heterocycles. The second-order valence-electron chi connectivity index (χ2n) is 5.56. The molecule has 1 N–H and O–H groups in total. The van der Waals surface area contributed by atoms with Crippen LogP contribution >= 0.6 is 11.8 Å². The van der Waals surface area contributed by atoms with Crippen molar-refractivity contribution in [2.24, 2.45) is 0 Å². The Hall–Kier alpha value is -2.64. The minimum atomic E-state index is -0.487. The molecule has 1 aromatic carbocycles. The second-order valence-corrected chi connectivity index (χ2v) is 6.57. The van der Waals surface area contributed by atoms with Crippen LogP contribution in [0.2, 0.25) is 0 Å². The molecule has 0 saturated heterocycles. The van der Waals surface area contributed by atoms with Crippen LogP contribution in [0, 0.1) is 0 Å². The molecule has 134 valence electrons. The van der Waals surface area contributed by atoms with Crippen LogP contribution in [0.15, 0.2) is 74.4 Å². The maximum atomic E-state index is 12.4. The molecule has 0 aliphatic rings. The van der Waals surface area contributed by atoms with Crippen molar-refractivity contribution in [3.8, 4) is 0 Å². The van der Waals surface area contributed by atoms with Crippen molar-refractivity contribution in [3.05, 3.63) is 86.7 Å². The van der Waals surface area contributed by atoms with Gasteiger partial charge >= 0.3 is 5.69 Å². The van der Waals surface area contributed by atoms with E-state index in [1.165, 1.54) is 16.3 Å². The Balaban J connectivity index is 1.90. The summed E-state index contributed by atoms with van der Waals surface area (Å²) in [6.07, 6.45) is 2.18. The third-order valence-electron chi connectivity index (χ3n) is 3.77. The van der Waals surface area contributed by atoms with Crippen molar-refractivity contribution >= 4 is 11.8 Å². The first kappa shape index (κ1) is 18.2. The van der Waals surface area contributed by atoms with Gasteiger partial charge in [0.2, 0.25) is 0 Å². The Morgan fingerprint density at radius 3 is 2.58 bits per heavy atom. The predicted octanol–water partition coefficient (Wildman–Crippen LogP) is 2.82. The van der Waals surface area contributed by atoms with E-state index in [2.05, 4.69) is 9.97 Å². The molecule has 2 heterocycles. The third-order valence-corrected chi connectivity index (χ3v) is 4.88.